The van der Waals surface area contributed by atoms with Crippen LogP contribution in [0.4, 0.5) is 11.4 Å². The summed E-state index contributed by atoms with van der Waals surface area (Å²) in [6, 6.07) is 26.2. The minimum absolute atomic E-state index is 0.569. The van der Waals surface area contributed by atoms with Gasteiger partial charge in [-0.25, -0.2) is 0 Å². The summed E-state index contributed by atoms with van der Waals surface area (Å²) in [5, 5.41) is 0. The van der Waals surface area contributed by atoms with Crippen molar-refractivity contribution in [3.63, 3.8) is 0 Å². The molecular weight excluding hydrogens is 366 g/mol. The number of anilines is 2. The third-order valence-electron chi connectivity index (χ3n) is 6.81. The number of rotatable bonds is 6. The summed E-state index contributed by atoms with van der Waals surface area (Å²) in [6.45, 7) is 5.73. The van der Waals surface area contributed by atoms with E-state index in [2.05, 4.69) is 70.5 Å². The Morgan fingerprint density at radius 2 is 1.30 bits per heavy atom. The van der Waals surface area contributed by atoms with E-state index in [9.17, 15) is 0 Å². The Balaban J connectivity index is 1.11. The number of nitrogens with zero attached hydrogens (tertiary/aromatic N) is 2. The van der Waals surface area contributed by atoms with Gasteiger partial charge in [-0.1, -0.05) is 55.0 Å². The third kappa shape index (κ3) is 3.82. The first kappa shape index (κ1) is 19.2. The van der Waals surface area contributed by atoms with E-state index in [4.69, 9.17) is 5.73 Å². The van der Waals surface area contributed by atoms with Crippen LogP contribution in [0.25, 0.3) is 11.1 Å². The minimum Gasteiger partial charge on any atom is -0.399 e. The molecule has 0 amide bonds. The van der Waals surface area contributed by atoms with Gasteiger partial charge in [-0.2, -0.15) is 0 Å². The molecule has 0 unspecified atom stereocenters. The highest BCUT2D eigenvalue weighted by molar-refractivity contribution is 5.78. The number of hydrogen-bond acceptors (Lipinski definition) is 3. The molecule has 30 heavy (non-hydrogen) atoms. The molecule has 3 heteroatoms. The average molecular weight is 398 g/mol. The smallest absolute Gasteiger partial charge is 0.0368 e. The summed E-state index contributed by atoms with van der Waals surface area (Å²) < 4.78 is 0. The molecule has 154 valence electrons. The van der Waals surface area contributed by atoms with Crippen molar-refractivity contribution in [3.05, 3.63) is 83.9 Å². The van der Waals surface area contributed by atoms with Gasteiger partial charge in [-0.05, 0) is 65.9 Å². The summed E-state index contributed by atoms with van der Waals surface area (Å²) in [4.78, 5) is 5.10. The lowest BCUT2D eigenvalue weighted by atomic mass is 9.91. The van der Waals surface area contributed by atoms with Crippen LogP contribution in [0.15, 0.2) is 72.8 Å². The fraction of sp³-hybridized carbons (Fsp3) is 0.333. The number of piperazine rings is 1. The van der Waals surface area contributed by atoms with Gasteiger partial charge in [-0.15, -0.1) is 0 Å². The van der Waals surface area contributed by atoms with Crippen molar-refractivity contribution >= 4 is 11.4 Å². The van der Waals surface area contributed by atoms with Crippen molar-refractivity contribution in [2.75, 3.05) is 43.4 Å². The van der Waals surface area contributed by atoms with Gasteiger partial charge in [0.25, 0.3) is 0 Å². The molecule has 5 rings (SSSR count). The quantitative estimate of drug-likeness (QED) is 0.448. The van der Waals surface area contributed by atoms with Gasteiger partial charge < -0.3 is 10.6 Å². The molecule has 1 fully saturated rings. The molecule has 2 aliphatic rings. The lowest BCUT2D eigenvalue weighted by Gasteiger charge is -2.36. The topological polar surface area (TPSA) is 32.5 Å². The van der Waals surface area contributed by atoms with Crippen molar-refractivity contribution in [3.8, 4) is 11.1 Å². The molecule has 0 spiro atoms. The van der Waals surface area contributed by atoms with E-state index in [0.29, 0.717) is 5.92 Å². The second-order valence-electron chi connectivity index (χ2n) is 8.64. The van der Waals surface area contributed by atoms with E-state index in [1.54, 1.807) is 0 Å². The highest BCUT2D eigenvalue weighted by atomic mass is 15.3. The van der Waals surface area contributed by atoms with Crippen LogP contribution in [-0.4, -0.2) is 37.6 Å². The first-order valence-corrected chi connectivity index (χ1v) is 11.3. The normalized spacial score (nSPS) is 16.5. The van der Waals surface area contributed by atoms with E-state index < -0.39 is 0 Å². The molecular formula is C27H31N3. The molecule has 1 aliphatic heterocycles. The second-order valence-corrected chi connectivity index (χ2v) is 8.64. The minimum atomic E-state index is 0.569. The van der Waals surface area contributed by atoms with Crippen LogP contribution in [0, 0.1) is 0 Å². The molecule has 3 nitrogen and oxygen atoms in total. The zero-order valence-electron chi connectivity index (χ0n) is 17.6. The third-order valence-corrected chi connectivity index (χ3v) is 6.81. The van der Waals surface area contributed by atoms with Crippen LogP contribution in [0.3, 0.4) is 0 Å². The summed E-state index contributed by atoms with van der Waals surface area (Å²) >= 11 is 0. The highest BCUT2D eigenvalue weighted by Crippen LogP contribution is 2.46. The molecule has 1 saturated heterocycles. The van der Waals surface area contributed by atoms with Gasteiger partial charge in [0.15, 0.2) is 0 Å². The van der Waals surface area contributed by atoms with E-state index in [1.807, 2.05) is 12.1 Å². The van der Waals surface area contributed by atoms with Crippen LogP contribution in [0.1, 0.15) is 36.3 Å². The molecule has 1 aliphatic carbocycles. The van der Waals surface area contributed by atoms with Gasteiger partial charge in [0.2, 0.25) is 0 Å². The fourth-order valence-electron chi connectivity index (χ4n) is 5.17. The molecule has 0 aromatic heterocycles. The number of hydrogen-bond donors (Lipinski definition) is 1. The number of nitrogen functional groups attached to an aromatic ring is 1. The Hall–Kier alpha value is -2.78. The van der Waals surface area contributed by atoms with Gasteiger partial charge in [0.05, 0.1) is 0 Å². The van der Waals surface area contributed by atoms with Crippen LogP contribution >= 0.6 is 0 Å². The fourth-order valence-corrected chi connectivity index (χ4v) is 5.17. The van der Waals surface area contributed by atoms with E-state index >= 15 is 0 Å². The van der Waals surface area contributed by atoms with Crippen LogP contribution < -0.4 is 10.6 Å². The van der Waals surface area contributed by atoms with Crippen LogP contribution in [0.2, 0.25) is 0 Å². The van der Waals surface area contributed by atoms with E-state index in [1.165, 1.54) is 53.7 Å². The van der Waals surface area contributed by atoms with E-state index in [0.717, 1.165) is 31.9 Å². The van der Waals surface area contributed by atoms with Crippen molar-refractivity contribution in [2.45, 2.75) is 25.2 Å². The maximum absolute atomic E-state index is 5.82. The summed E-state index contributed by atoms with van der Waals surface area (Å²) in [7, 11) is 0. The maximum atomic E-state index is 5.82. The second kappa shape index (κ2) is 8.53. The van der Waals surface area contributed by atoms with Crippen molar-refractivity contribution < 1.29 is 0 Å². The van der Waals surface area contributed by atoms with Crippen LogP contribution in [0.5, 0.6) is 0 Å². The Morgan fingerprint density at radius 3 is 1.93 bits per heavy atom. The summed E-state index contributed by atoms with van der Waals surface area (Å²) in [5.74, 6) is 0.569. The Labute approximate surface area is 180 Å². The van der Waals surface area contributed by atoms with Crippen molar-refractivity contribution in [1.82, 2.24) is 4.90 Å². The van der Waals surface area contributed by atoms with Gasteiger partial charge in [-0.3, -0.25) is 4.90 Å². The first-order chi connectivity index (χ1) is 14.8. The van der Waals surface area contributed by atoms with Gasteiger partial charge in [0, 0.05) is 43.5 Å². The Kier molecular flexibility index (Phi) is 5.46. The molecule has 1 heterocycles. The average Bonchev–Trinajstić information content (AvgIpc) is 3.12. The monoisotopic (exact) mass is 397 g/mol. The first-order valence-electron chi connectivity index (χ1n) is 11.3. The molecule has 0 radical (unpaired) electrons. The Bertz CT molecular complexity index is 941. The largest absolute Gasteiger partial charge is 0.399 e. The van der Waals surface area contributed by atoms with Gasteiger partial charge >= 0.3 is 0 Å². The number of fused-ring (bicyclic) bond motifs is 3. The van der Waals surface area contributed by atoms with Crippen LogP contribution in [-0.2, 0) is 0 Å². The highest BCUT2D eigenvalue weighted by Gasteiger charge is 2.27. The lowest BCUT2D eigenvalue weighted by molar-refractivity contribution is 0.252. The van der Waals surface area contributed by atoms with Crippen molar-refractivity contribution in [1.29, 1.82) is 0 Å². The molecule has 3 aromatic carbocycles. The zero-order valence-corrected chi connectivity index (χ0v) is 17.6. The molecule has 0 bridgehead atoms. The molecule has 0 saturated carbocycles. The maximum Gasteiger partial charge on any atom is 0.0368 e. The van der Waals surface area contributed by atoms with Crippen molar-refractivity contribution in [2.24, 2.45) is 0 Å². The lowest BCUT2D eigenvalue weighted by Crippen LogP contribution is -2.46. The Morgan fingerprint density at radius 1 is 0.700 bits per heavy atom. The predicted octanol–water partition coefficient (Wildman–Crippen LogP) is 5.37. The molecule has 2 N–H and O–H groups in total. The number of nitrogens with two attached hydrogens (primary N) is 1. The molecule has 3 aromatic rings. The zero-order chi connectivity index (χ0) is 20.3. The molecule has 0 atom stereocenters. The standard InChI is InChI=1S/C27H31N3/c28-21-12-14-22(15-13-21)30-19-17-29(18-20-30)16-6-5-11-27-25-9-3-1-7-23(25)24-8-2-4-10-26(24)27/h1-4,7-10,12-15,27H,5-6,11,16-20,28H2. The predicted molar refractivity (Wildman–Crippen MR) is 127 cm³/mol. The number of benzene rings is 3. The summed E-state index contributed by atoms with van der Waals surface area (Å²) in [5.41, 5.74) is 13.9. The summed E-state index contributed by atoms with van der Waals surface area (Å²) in [6.07, 6.45) is 3.81. The van der Waals surface area contributed by atoms with E-state index in [-0.39, 0.29) is 0 Å². The SMILES string of the molecule is Nc1ccc(N2CCN(CCCCC3c4ccccc4-c4ccccc43)CC2)cc1. The number of unbranched alkanes of at least 4 members (excludes halogenated alkanes) is 1. The van der Waals surface area contributed by atoms with Gasteiger partial charge in [0.1, 0.15) is 0 Å².